The molecule has 0 aliphatic carbocycles. The van der Waals surface area contributed by atoms with Crippen molar-refractivity contribution in [1.82, 2.24) is 19.6 Å². The minimum Gasteiger partial charge on any atom is -0.482 e. The monoisotopic (exact) mass is 411 g/mol. The van der Waals surface area contributed by atoms with Gasteiger partial charge in [-0.2, -0.15) is 0 Å². The van der Waals surface area contributed by atoms with E-state index in [4.69, 9.17) is 21.3 Å². The molecule has 29 heavy (non-hydrogen) atoms. The number of nitrogens with one attached hydrogen (secondary N) is 2. The van der Waals surface area contributed by atoms with Crippen LogP contribution in [0.25, 0.3) is 16.9 Å². The molecule has 1 amide bonds. The van der Waals surface area contributed by atoms with E-state index in [1.165, 1.54) is 0 Å². The summed E-state index contributed by atoms with van der Waals surface area (Å²) in [5, 5.41) is 7.00. The van der Waals surface area contributed by atoms with E-state index >= 15 is 0 Å². The number of pyridine rings is 1. The Morgan fingerprint density at radius 2 is 2.10 bits per heavy atom. The number of hydrogen-bond donors (Lipinski definition) is 2. The molecule has 2 aromatic heterocycles. The third-order valence-corrected chi connectivity index (χ3v) is 5.60. The van der Waals surface area contributed by atoms with Crippen LogP contribution in [0.3, 0.4) is 0 Å². The topological polar surface area (TPSA) is 70.9 Å². The molecular formula is C21H22ClN5O2. The number of aromatic nitrogens is 2. The molecule has 1 saturated heterocycles. The highest BCUT2D eigenvalue weighted by atomic mass is 35.5. The molecule has 5 rings (SSSR count). The highest BCUT2D eigenvalue weighted by Crippen LogP contribution is 2.34. The van der Waals surface area contributed by atoms with E-state index in [-0.39, 0.29) is 12.5 Å². The molecule has 0 spiro atoms. The summed E-state index contributed by atoms with van der Waals surface area (Å²) in [6, 6.07) is 9.61. The minimum atomic E-state index is -0.145. The summed E-state index contributed by atoms with van der Waals surface area (Å²) in [5.41, 5.74) is 4.46. The first-order chi connectivity index (χ1) is 14.2. The number of benzene rings is 1. The van der Waals surface area contributed by atoms with Gasteiger partial charge in [-0.1, -0.05) is 11.6 Å². The van der Waals surface area contributed by atoms with Crippen LogP contribution in [0.5, 0.6) is 5.75 Å². The van der Waals surface area contributed by atoms with E-state index in [1.54, 1.807) is 0 Å². The van der Waals surface area contributed by atoms with Crippen molar-refractivity contribution < 1.29 is 9.53 Å². The third-order valence-electron chi connectivity index (χ3n) is 5.37. The lowest BCUT2D eigenvalue weighted by Crippen LogP contribution is -2.28. The number of nitrogens with zero attached hydrogens (tertiary/aromatic N) is 3. The Kier molecular flexibility index (Phi) is 4.87. The normalized spacial score (nSPS) is 17.5. The second kappa shape index (κ2) is 7.67. The molecule has 150 valence electrons. The van der Waals surface area contributed by atoms with Crippen molar-refractivity contribution >= 4 is 28.8 Å². The molecular weight excluding hydrogens is 390 g/mol. The number of rotatable bonds is 3. The Morgan fingerprint density at radius 1 is 1.17 bits per heavy atom. The van der Waals surface area contributed by atoms with Gasteiger partial charge in [-0.3, -0.25) is 9.69 Å². The van der Waals surface area contributed by atoms with Crippen LogP contribution in [0.4, 0.5) is 5.69 Å². The highest BCUT2D eigenvalue weighted by molar-refractivity contribution is 6.30. The molecule has 4 heterocycles. The van der Waals surface area contributed by atoms with Gasteiger partial charge in [0.2, 0.25) is 0 Å². The maximum Gasteiger partial charge on any atom is 0.262 e. The van der Waals surface area contributed by atoms with Crippen LogP contribution in [-0.2, 0) is 11.3 Å². The Labute approximate surface area is 173 Å². The van der Waals surface area contributed by atoms with Gasteiger partial charge in [-0.05, 0) is 49.8 Å². The van der Waals surface area contributed by atoms with Crippen molar-refractivity contribution in [2.75, 3.05) is 38.1 Å². The maximum atomic E-state index is 11.7. The molecule has 2 aliphatic rings. The Morgan fingerprint density at radius 3 is 3.03 bits per heavy atom. The average Bonchev–Trinajstić information content (AvgIpc) is 2.88. The van der Waals surface area contributed by atoms with Crippen LogP contribution in [0, 0.1) is 0 Å². The van der Waals surface area contributed by atoms with E-state index in [0.29, 0.717) is 16.5 Å². The summed E-state index contributed by atoms with van der Waals surface area (Å²) in [6.45, 7) is 4.88. The van der Waals surface area contributed by atoms with Crippen molar-refractivity contribution in [2.45, 2.75) is 13.0 Å². The first kappa shape index (κ1) is 18.4. The fourth-order valence-electron chi connectivity index (χ4n) is 3.95. The van der Waals surface area contributed by atoms with Crippen molar-refractivity contribution in [3.05, 3.63) is 47.2 Å². The molecule has 8 heteroatoms. The first-order valence-electron chi connectivity index (χ1n) is 9.84. The van der Waals surface area contributed by atoms with Gasteiger partial charge >= 0.3 is 0 Å². The molecule has 2 aliphatic heterocycles. The Hall–Kier alpha value is -2.61. The van der Waals surface area contributed by atoms with Crippen LogP contribution < -0.4 is 15.4 Å². The van der Waals surface area contributed by atoms with Crippen molar-refractivity contribution in [3.63, 3.8) is 0 Å². The molecule has 1 aromatic carbocycles. The summed E-state index contributed by atoms with van der Waals surface area (Å²) in [4.78, 5) is 19.1. The van der Waals surface area contributed by atoms with E-state index in [1.807, 2.05) is 36.5 Å². The largest absolute Gasteiger partial charge is 0.482 e. The number of anilines is 1. The number of imidazole rings is 1. The Bertz CT molecular complexity index is 1070. The van der Waals surface area contributed by atoms with Crippen LogP contribution in [0.15, 0.2) is 36.5 Å². The number of ether oxygens (including phenoxy) is 1. The lowest BCUT2D eigenvalue weighted by molar-refractivity contribution is -0.118. The number of halogens is 1. The van der Waals surface area contributed by atoms with Gasteiger partial charge in [0, 0.05) is 31.4 Å². The summed E-state index contributed by atoms with van der Waals surface area (Å²) < 4.78 is 7.57. The van der Waals surface area contributed by atoms with Gasteiger partial charge in [0.25, 0.3) is 5.91 Å². The number of carbonyl (C=O) groups excluding carboxylic acids is 1. The lowest BCUT2D eigenvalue weighted by Gasteiger charge is -2.21. The standard InChI is InChI=1S/C21H22ClN5O2/c22-15-3-5-19-25-21(14-2-4-18-16(10-14)24-20(28)13-29-18)17(27(19)11-15)12-26-8-1-6-23-7-9-26/h2-5,10-11,23H,1,6-9,12-13H2,(H,24,28). The second-order valence-electron chi connectivity index (χ2n) is 7.41. The molecule has 0 unspecified atom stereocenters. The third kappa shape index (κ3) is 3.69. The van der Waals surface area contributed by atoms with Gasteiger partial charge < -0.3 is 19.8 Å². The quantitative estimate of drug-likeness (QED) is 0.693. The van der Waals surface area contributed by atoms with Crippen LogP contribution in [0.2, 0.25) is 5.02 Å². The molecule has 7 nitrogen and oxygen atoms in total. The van der Waals surface area contributed by atoms with E-state index < -0.39 is 0 Å². The predicted molar refractivity (Wildman–Crippen MR) is 113 cm³/mol. The molecule has 0 bridgehead atoms. The van der Waals surface area contributed by atoms with Crippen molar-refractivity contribution in [3.8, 4) is 17.0 Å². The summed E-state index contributed by atoms with van der Waals surface area (Å²) in [5.74, 6) is 0.536. The molecule has 1 fully saturated rings. The number of amides is 1. The minimum absolute atomic E-state index is 0.0491. The summed E-state index contributed by atoms with van der Waals surface area (Å²) >= 11 is 6.29. The predicted octanol–water partition coefficient (Wildman–Crippen LogP) is 2.78. The molecule has 0 saturated carbocycles. The maximum absolute atomic E-state index is 11.7. The number of fused-ring (bicyclic) bond motifs is 2. The van der Waals surface area contributed by atoms with Gasteiger partial charge in [0.05, 0.1) is 22.1 Å². The Balaban J connectivity index is 1.59. The fourth-order valence-corrected chi connectivity index (χ4v) is 4.11. The SMILES string of the molecule is O=C1COc2ccc(-c3nc4ccc(Cl)cn4c3CN3CCCNCC3)cc2N1. The zero-order valence-corrected chi connectivity index (χ0v) is 16.7. The van der Waals surface area contributed by atoms with E-state index in [0.717, 1.165) is 61.7 Å². The van der Waals surface area contributed by atoms with E-state index in [2.05, 4.69) is 19.9 Å². The summed E-state index contributed by atoms with van der Waals surface area (Å²) in [6.07, 6.45) is 3.04. The van der Waals surface area contributed by atoms with Crippen molar-refractivity contribution in [2.24, 2.45) is 0 Å². The second-order valence-corrected chi connectivity index (χ2v) is 7.85. The first-order valence-corrected chi connectivity index (χ1v) is 10.2. The zero-order chi connectivity index (χ0) is 19.8. The van der Waals surface area contributed by atoms with E-state index in [9.17, 15) is 4.79 Å². The van der Waals surface area contributed by atoms with Gasteiger partial charge in [0.15, 0.2) is 6.61 Å². The van der Waals surface area contributed by atoms with Gasteiger partial charge in [0.1, 0.15) is 11.4 Å². The molecule has 3 aromatic rings. The van der Waals surface area contributed by atoms with Gasteiger partial charge in [-0.25, -0.2) is 4.98 Å². The molecule has 0 atom stereocenters. The summed E-state index contributed by atoms with van der Waals surface area (Å²) in [7, 11) is 0. The molecule has 2 N–H and O–H groups in total. The van der Waals surface area contributed by atoms with Crippen LogP contribution in [0.1, 0.15) is 12.1 Å². The number of hydrogen-bond acceptors (Lipinski definition) is 5. The average molecular weight is 412 g/mol. The van der Waals surface area contributed by atoms with Gasteiger partial charge in [-0.15, -0.1) is 0 Å². The number of carbonyl (C=O) groups is 1. The van der Waals surface area contributed by atoms with Crippen LogP contribution in [-0.4, -0.2) is 53.0 Å². The molecule has 0 radical (unpaired) electrons. The smallest absolute Gasteiger partial charge is 0.262 e. The van der Waals surface area contributed by atoms with Crippen molar-refractivity contribution in [1.29, 1.82) is 0 Å². The zero-order valence-electron chi connectivity index (χ0n) is 15.9. The fraction of sp³-hybridized carbons (Fsp3) is 0.333. The lowest BCUT2D eigenvalue weighted by atomic mass is 10.1. The van der Waals surface area contributed by atoms with Crippen LogP contribution >= 0.6 is 11.6 Å². The highest BCUT2D eigenvalue weighted by Gasteiger charge is 2.21.